The van der Waals surface area contributed by atoms with Crippen LogP contribution >= 0.6 is 0 Å². The molecule has 2 N–H and O–H groups in total. The minimum Gasteiger partial charge on any atom is -0.350 e. The molecule has 1 aromatic heterocycles. The van der Waals surface area contributed by atoms with Crippen LogP contribution in [0.4, 0.5) is 4.39 Å². The van der Waals surface area contributed by atoms with Gasteiger partial charge < -0.3 is 10.6 Å². The van der Waals surface area contributed by atoms with E-state index in [0.29, 0.717) is 5.69 Å². The fraction of sp³-hybridized carbons (Fsp3) is 0.261. The molecule has 6 nitrogen and oxygen atoms in total. The van der Waals surface area contributed by atoms with Crippen molar-refractivity contribution in [3.8, 4) is 16.9 Å². The van der Waals surface area contributed by atoms with Gasteiger partial charge in [-0.3, -0.25) is 9.59 Å². The number of hydrogen-bond donors (Lipinski definition) is 2. The van der Waals surface area contributed by atoms with Gasteiger partial charge in [-0.05, 0) is 56.2 Å². The number of nitrogens with zero attached hydrogens (tertiary/aromatic N) is 2. The first-order valence-electron chi connectivity index (χ1n) is 9.99. The molecule has 7 heteroatoms. The van der Waals surface area contributed by atoms with E-state index in [1.54, 1.807) is 23.7 Å². The second kappa shape index (κ2) is 8.49. The molecule has 0 aliphatic heterocycles. The topological polar surface area (TPSA) is 76.0 Å². The van der Waals surface area contributed by atoms with Crippen molar-refractivity contribution in [2.24, 2.45) is 5.92 Å². The van der Waals surface area contributed by atoms with Crippen LogP contribution in [0.25, 0.3) is 16.9 Å². The summed E-state index contributed by atoms with van der Waals surface area (Å²) < 4.78 is 15.1. The van der Waals surface area contributed by atoms with Gasteiger partial charge in [-0.2, -0.15) is 5.10 Å². The van der Waals surface area contributed by atoms with Crippen molar-refractivity contribution in [1.82, 2.24) is 20.4 Å². The fourth-order valence-electron chi connectivity index (χ4n) is 3.18. The van der Waals surface area contributed by atoms with Gasteiger partial charge in [-0.1, -0.05) is 18.2 Å². The summed E-state index contributed by atoms with van der Waals surface area (Å²) in [5, 5.41) is 10.3. The highest BCUT2D eigenvalue weighted by Gasteiger charge is 2.31. The van der Waals surface area contributed by atoms with Crippen molar-refractivity contribution < 1.29 is 14.0 Å². The van der Waals surface area contributed by atoms with Crippen molar-refractivity contribution >= 4 is 11.8 Å². The SMILES string of the molecule is C[C@@H](NC(=O)C1CC1)C(=O)NCc1cn(-c2ccccc2)nc1-c1ccc(F)cc1. The van der Waals surface area contributed by atoms with Crippen LogP contribution in [-0.2, 0) is 16.1 Å². The lowest BCUT2D eigenvalue weighted by Crippen LogP contribution is -2.45. The first kappa shape index (κ1) is 19.8. The first-order valence-corrected chi connectivity index (χ1v) is 9.99. The molecule has 1 aliphatic rings. The van der Waals surface area contributed by atoms with Gasteiger partial charge in [0.05, 0.1) is 11.4 Å². The van der Waals surface area contributed by atoms with E-state index in [4.69, 9.17) is 0 Å². The van der Waals surface area contributed by atoms with Gasteiger partial charge >= 0.3 is 0 Å². The van der Waals surface area contributed by atoms with Gasteiger partial charge in [-0.15, -0.1) is 0 Å². The molecule has 1 saturated carbocycles. The summed E-state index contributed by atoms with van der Waals surface area (Å²) in [5.41, 5.74) is 3.09. The van der Waals surface area contributed by atoms with E-state index in [1.165, 1.54) is 12.1 Å². The third-order valence-electron chi connectivity index (χ3n) is 5.08. The lowest BCUT2D eigenvalue weighted by Gasteiger charge is -2.14. The van der Waals surface area contributed by atoms with Gasteiger partial charge in [-0.25, -0.2) is 9.07 Å². The second-order valence-corrected chi connectivity index (χ2v) is 7.51. The summed E-state index contributed by atoms with van der Waals surface area (Å²) in [7, 11) is 0. The number of rotatable bonds is 7. The van der Waals surface area contributed by atoms with Crippen molar-refractivity contribution in [3.63, 3.8) is 0 Å². The predicted molar refractivity (Wildman–Crippen MR) is 111 cm³/mol. The van der Waals surface area contributed by atoms with Crippen molar-refractivity contribution in [2.45, 2.75) is 32.4 Å². The summed E-state index contributed by atoms with van der Waals surface area (Å²) in [6.45, 7) is 1.91. The van der Waals surface area contributed by atoms with Gasteiger partial charge in [0, 0.05) is 29.8 Å². The quantitative estimate of drug-likeness (QED) is 0.633. The van der Waals surface area contributed by atoms with E-state index < -0.39 is 6.04 Å². The standard InChI is InChI=1S/C23H23FN4O2/c1-15(26-23(30)17-7-8-17)22(29)25-13-18-14-28(20-5-3-2-4-6-20)27-21(18)16-9-11-19(24)12-10-16/h2-6,9-12,14-15,17H,7-8,13H2,1H3,(H,25,29)(H,26,30)/t15-/m1/s1. The lowest BCUT2D eigenvalue weighted by molar-refractivity contribution is -0.129. The van der Waals surface area contributed by atoms with Gasteiger partial charge in [0.2, 0.25) is 11.8 Å². The number of amides is 2. The Kier molecular flexibility index (Phi) is 5.61. The van der Waals surface area contributed by atoms with E-state index in [-0.39, 0.29) is 30.1 Å². The van der Waals surface area contributed by atoms with Crippen LogP contribution in [0.15, 0.2) is 60.8 Å². The molecule has 1 fully saturated rings. The molecule has 154 valence electrons. The number of para-hydroxylation sites is 1. The first-order chi connectivity index (χ1) is 14.5. The molecule has 1 heterocycles. The maximum atomic E-state index is 13.4. The monoisotopic (exact) mass is 406 g/mol. The number of nitrogens with one attached hydrogen (secondary N) is 2. The highest BCUT2D eigenvalue weighted by atomic mass is 19.1. The maximum absolute atomic E-state index is 13.4. The van der Waals surface area contributed by atoms with E-state index >= 15 is 0 Å². The maximum Gasteiger partial charge on any atom is 0.242 e. The third-order valence-corrected chi connectivity index (χ3v) is 5.08. The Hall–Kier alpha value is -3.48. The van der Waals surface area contributed by atoms with E-state index in [2.05, 4.69) is 15.7 Å². The summed E-state index contributed by atoms with van der Waals surface area (Å²) >= 11 is 0. The fourth-order valence-corrected chi connectivity index (χ4v) is 3.18. The number of carbonyl (C=O) groups is 2. The minimum absolute atomic E-state index is 0.0504. The molecule has 0 saturated heterocycles. The molecule has 0 bridgehead atoms. The zero-order valence-corrected chi connectivity index (χ0v) is 16.6. The second-order valence-electron chi connectivity index (χ2n) is 7.51. The number of halogens is 1. The van der Waals surface area contributed by atoms with E-state index in [0.717, 1.165) is 29.7 Å². The average Bonchev–Trinajstić information content (AvgIpc) is 3.53. The Morgan fingerprint density at radius 1 is 1.13 bits per heavy atom. The molecular formula is C23H23FN4O2. The summed E-state index contributed by atoms with van der Waals surface area (Å²) in [5.74, 6) is -0.603. The highest BCUT2D eigenvalue weighted by molar-refractivity contribution is 5.89. The number of benzene rings is 2. The highest BCUT2D eigenvalue weighted by Crippen LogP contribution is 2.29. The summed E-state index contributed by atoms with van der Waals surface area (Å²) in [6.07, 6.45) is 3.63. The Morgan fingerprint density at radius 3 is 2.50 bits per heavy atom. The van der Waals surface area contributed by atoms with E-state index in [1.807, 2.05) is 36.5 Å². The molecule has 2 aromatic carbocycles. The molecule has 3 aromatic rings. The number of hydrogen-bond acceptors (Lipinski definition) is 3. The van der Waals surface area contributed by atoms with Crippen LogP contribution < -0.4 is 10.6 Å². The van der Waals surface area contributed by atoms with Crippen molar-refractivity contribution in [3.05, 3.63) is 72.2 Å². The third kappa shape index (κ3) is 4.56. The molecule has 1 atom stereocenters. The zero-order chi connectivity index (χ0) is 21.1. The van der Waals surface area contributed by atoms with Crippen molar-refractivity contribution in [2.75, 3.05) is 0 Å². The molecule has 0 unspecified atom stereocenters. The van der Waals surface area contributed by atoms with Crippen LogP contribution in [0.5, 0.6) is 0 Å². The van der Waals surface area contributed by atoms with Crippen LogP contribution in [0.2, 0.25) is 0 Å². The molecule has 2 amide bonds. The molecule has 0 radical (unpaired) electrons. The molecular weight excluding hydrogens is 383 g/mol. The Labute approximate surface area is 174 Å². The van der Waals surface area contributed by atoms with Gasteiger partial charge in [0.25, 0.3) is 0 Å². The largest absolute Gasteiger partial charge is 0.350 e. The van der Waals surface area contributed by atoms with Crippen LogP contribution in [0.3, 0.4) is 0 Å². The van der Waals surface area contributed by atoms with Crippen molar-refractivity contribution in [1.29, 1.82) is 0 Å². The lowest BCUT2D eigenvalue weighted by atomic mass is 10.1. The molecule has 30 heavy (non-hydrogen) atoms. The Balaban J connectivity index is 1.53. The van der Waals surface area contributed by atoms with E-state index in [9.17, 15) is 14.0 Å². The predicted octanol–water partition coefficient (Wildman–Crippen LogP) is 3.21. The average molecular weight is 406 g/mol. The molecule has 0 spiro atoms. The Bertz CT molecular complexity index is 1040. The minimum atomic E-state index is -0.614. The van der Waals surface area contributed by atoms with Gasteiger partial charge in [0.15, 0.2) is 0 Å². The zero-order valence-electron chi connectivity index (χ0n) is 16.6. The summed E-state index contributed by atoms with van der Waals surface area (Å²) in [4.78, 5) is 24.3. The van der Waals surface area contributed by atoms with Crippen LogP contribution in [-0.4, -0.2) is 27.6 Å². The normalized spacial score (nSPS) is 14.2. The molecule has 4 rings (SSSR count). The van der Waals surface area contributed by atoms with Gasteiger partial charge in [0.1, 0.15) is 11.9 Å². The van der Waals surface area contributed by atoms with Crippen LogP contribution in [0.1, 0.15) is 25.3 Å². The number of aromatic nitrogens is 2. The summed E-state index contributed by atoms with van der Waals surface area (Å²) in [6, 6.07) is 15.1. The number of carbonyl (C=O) groups excluding carboxylic acids is 2. The smallest absolute Gasteiger partial charge is 0.242 e. The Morgan fingerprint density at radius 2 is 1.83 bits per heavy atom. The molecule has 1 aliphatic carbocycles. The van der Waals surface area contributed by atoms with Crippen LogP contribution in [0, 0.1) is 11.7 Å².